The standard InChI is InChI=1S/C19H21F2N5O3/c1-10(24-18(28)29-19(2,3)4)16-25-13-7-5-6-12(15(20)21)14(13)17(27)26(16)11-8-22-23-9-11/h5-10,15H,1-4H3,(H,22,23)(H,24,28)/t10-/m0/s1. The predicted octanol–water partition coefficient (Wildman–Crippen LogP) is 3.63. The normalized spacial score (nSPS) is 12.9. The van der Waals surface area contributed by atoms with Crippen molar-refractivity contribution in [3.05, 3.63) is 52.3 Å². The Morgan fingerprint density at radius 1 is 1.31 bits per heavy atom. The Kier molecular flexibility index (Phi) is 5.36. The summed E-state index contributed by atoms with van der Waals surface area (Å²) in [6, 6.07) is 3.32. The van der Waals surface area contributed by atoms with Crippen LogP contribution >= 0.6 is 0 Å². The van der Waals surface area contributed by atoms with E-state index in [-0.39, 0.29) is 16.7 Å². The lowest BCUT2D eigenvalue weighted by Gasteiger charge is -2.23. The summed E-state index contributed by atoms with van der Waals surface area (Å²) in [4.78, 5) is 29.8. The number of nitrogens with zero attached hydrogens (tertiary/aromatic N) is 3. The smallest absolute Gasteiger partial charge is 0.408 e. The summed E-state index contributed by atoms with van der Waals surface area (Å²) in [5.74, 6) is 0.154. The highest BCUT2D eigenvalue weighted by molar-refractivity contribution is 5.82. The van der Waals surface area contributed by atoms with E-state index in [9.17, 15) is 18.4 Å². The summed E-state index contributed by atoms with van der Waals surface area (Å²) in [5, 5.41) is 8.83. The molecule has 8 nitrogen and oxygen atoms in total. The third kappa shape index (κ3) is 4.25. The molecule has 0 spiro atoms. The molecule has 0 unspecified atom stereocenters. The SMILES string of the molecule is C[C@H](NC(=O)OC(C)(C)C)c1nc2cccc(C(F)F)c2c(=O)n1-c1cn[nH]c1. The molecular formula is C19H21F2N5O3. The Hall–Kier alpha value is -3.30. The van der Waals surface area contributed by atoms with Gasteiger partial charge in [-0.3, -0.25) is 14.5 Å². The van der Waals surface area contributed by atoms with E-state index in [2.05, 4.69) is 20.5 Å². The van der Waals surface area contributed by atoms with Gasteiger partial charge in [-0.2, -0.15) is 5.10 Å². The number of hydrogen-bond acceptors (Lipinski definition) is 5. The molecular weight excluding hydrogens is 384 g/mol. The number of H-pyrrole nitrogens is 1. The molecule has 1 amide bonds. The fraction of sp³-hybridized carbons (Fsp3) is 0.368. The van der Waals surface area contributed by atoms with Gasteiger partial charge in [0.2, 0.25) is 0 Å². The van der Waals surface area contributed by atoms with E-state index in [4.69, 9.17) is 4.74 Å². The molecule has 10 heteroatoms. The number of aromatic amines is 1. The lowest BCUT2D eigenvalue weighted by atomic mass is 10.1. The zero-order valence-electron chi connectivity index (χ0n) is 16.4. The Balaban J connectivity index is 2.17. The summed E-state index contributed by atoms with van der Waals surface area (Å²) < 4.78 is 33.3. The van der Waals surface area contributed by atoms with Crippen molar-refractivity contribution in [1.82, 2.24) is 25.1 Å². The second-order valence-electron chi connectivity index (χ2n) is 7.48. The largest absolute Gasteiger partial charge is 0.444 e. The van der Waals surface area contributed by atoms with E-state index in [1.807, 2.05) is 0 Å². The number of carbonyl (C=O) groups excluding carboxylic acids is 1. The molecule has 29 heavy (non-hydrogen) atoms. The van der Waals surface area contributed by atoms with Gasteiger partial charge in [0.25, 0.3) is 12.0 Å². The number of hydrogen-bond donors (Lipinski definition) is 2. The molecule has 2 heterocycles. The van der Waals surface area contributed by atoms with Crippen LogP contribution in [0.3, 0.4) is 0 Å². The molecule has 2 aromatic heterocycles. The van der Waals surface area contributed by atoms with Crippen LogP contribution in [0.5, 0.6) is 0 Å². The Bertz CT molecular complexity index is 1090. The second-order valence-corrected chi connectivity index (χ2v) is 7.48. The summed E-state index contributed by atoms with van der Waals surface area (Å²) in [6.07, 6.45) is -0.735. The zero-order valence-corrected chi connectivity index (χ0v) is 16.4. The number of rotatable bonds is 4. The minimum atomic E-state index is -2.84. The average Bonchev–Trinajstić information content (AvgIpc) is 3.13. The molecule has 0 aliphatic heterocycles. The first-order valence-corrected chi connectivity index (χ1v) is 8.91. The molecule has 1 aromatic carbocycles. The fourth-order valence-corrected chi connectivity index (χ4v) is 2.91. The first-order valence-electron chi connectivity index (χ1n) is 8.91. The van der Waals surface area contributed by atoms with Crippen LogP contribution in [0, 0.1) is 0 Å². The van der Waals surface area contributed by atoms with Gasteiger partial charge >= 0.3 is 6.09 Å². The van der Waals surface area contributed by atoms with E-state index in [1.54, 1.807) is 27.7 Å². The van der Waals surface area contributed by atoms with Crippen LogP contribution in [-0.2, 0) is 4.74 Å². The van der Waals surface area contributed by atoms with Gasteiger partial charge in [-0.1, -0.05) is 12.1 Å². The van der Waals surface area contributed by atoms with Crippen molar-refractivity contribution in [3.8, 4) is 5.69 Å². The first-order chi connectivity index (χ1) is 13.6. The van der Waals surface area contributed by atoms with Gasteiger partial charge in [0.05, 0.1) is 28.8 Å². The Morgan fingerprint density at radius 3 is 2.62 bits per heavy atom. The zero-order chi connectivity index (χ0) is 21.3. The van der Waals surface area contributed by atoms with Crippen molar-refractivity contribution >= 4 is 17.0 Å². The molecule has 0 radical (unpaired) electrons. The van der Waals surface area contributed by atoms with E-state index in [0.717, 1.165) is 4.57 Å². The van der Waals surface area contributed by atoms with E-state index < -0.39 is 35.3 Å². The molecule has 1 atom stereocenters. The molecule has 0 aliphatic carbocycles. The van der Waals surface area contributed by atoms with Crippen LogP contribution in [0.2, 0.25) is 0 Å². The highest BCUT2D eigenvalue weighted by Gasteiger charge is 2.25. The van der Waals surface area contributed by atoms with Crippen LogP contribution in [-0.4, -0.2) is 31.4 Å². The van der Waals surface area contributed by atoms with Crippen LogP contribution in [0.4, 0.5) is 13.6 Å². The van der Waals surface area contributed by atoms with Gasteiger partial charge in [-0.15, -0.1) is 0 Å². The number of benzene rings is 1. The van der Waals surface area contributed by atoms with E-state index in [1.165, 1.54) is 30.6 Å². The predicted molar refractivity (Wildman–Crippen MR) is 102 cm³/mol. The van der Waals surface area contributed by atoms with E-state index >= 15 is 0 Å². The minimum Gasteiger partial charge on any atom is -0.444 e. The number of carbonyl (C=O) groups is 1. The molecule has 2 N–H and O–H groups in total. The number of amides is 1. The highest BCUT2D eigenvalue weighted by Crippen LogP contribution is 2.26. The summed E-state index contributed by atoms with van der Waals surface area (Å²) in [7, 11) is 0. The van der Waals surface area contributed by atoms with Gasteiger partial charge in [0.1, 0.15) is 11.4 Å². The van der Waals surface area contributed by atoms with Gasteiger partial charge < -0.3 is 10.1 Å². The van der Waals surface area contributed by atoms with Crippen molar-refractivity contribution in [3.63, 3.8) is 0 Å². The van der Waals surface area contributed by atoms with Gasteiger partial charge in [0.15, 0.2) is 0 Å². The van der Waals surface area contributed by atoms with Gasteiger partial charge in [0, 0.05) is 11.8 Å². The maximum atomic E-state index is 13.5. The average molecular weight is 405 g/mol. The minimum absolute atomic E-state index is 0.111. The Labute approximate surface area is 164 Å². The quantitative estimate of drug-likeness (QED) is 0.690. The van der Waals surface area contributed by atoms with Gasteiger partial charge in [-0.25, -0.2) is 18.6 Å². The first kappa shape index (κ1) is 20.4. The van der Waals surface area contributed by atoms with Crippen molar-refractivity contribution in [2.45, 2.75) is 45.8 Å². The molecule has 0 aliphatic rings. The number of nitrogens with one attached hydrogen (secondary N) is 2. The third-order valence-electron chi connectivity index (χ3n) is 4.05. The van der Waals surface area contributed by atoms with E-state index in [0.29, 0.717) is 5.69 Å². The summed E-state index contributed by atoms with van der Waals surface area (Å²) in [5.41, 5.74) is -1.38. The van der Waals surface area contributed by atoms with Crippen molar-refractivity contribution in [2.75, 3.05) is 0 Å². The number of fused-ring (bicyclic) bond motifs is 1. The van der Waals surface area contributed by atoms with Crippen LogP contribution in [0.25, 0.3) is 16.6 Å². The van der Waals surface area contributed by atoms with Crippen molar-refractivity contribution < 1.29 is 18.3 Å². The summed E-state index contributed by atoms with van der Waals surface area (Å²) in [6.45, 7) is 6.78. The molecule has 154 valence electrons. The molecule has 3 rings (SSSR count). The van der Waals surface area contributed by atoms with Crippen LogP contribution in [0.15, 0.2) is 35.4 Å². The highest BCUT2D eigenvalue weighted by atomic mass is 19.3. The maximum absolute atomic E-state index is 13.5. The number of ether oxygens (including phenoxy) is 1. The molecule has 0 fully saturated rings. The molecule has 0 saturated carbocycles. The number of alkyl halides is 2. The van der Waals surface area contributed by atoms with Crippen LogP contribution in [0.1, 0.15) is 51.6 Å². The Morgan fingerprint density at radius 2 is 2.03 bits per heavy atom. The monoisotopic (exact) mass is 405 g/mol. The molecule has 3 aromatic rings. The van der Waals surface area contributed by atoms with Crippen molar-refractivity contribution in [2.24, 2.45) is 0 Å². The van der Waals surface area contributed by atoms with Crippen molar-refractivity contribution in [1.29, 1.82) is 0 Å². The van der Waals surface area contributed by atoms with Gasteiger partial charge in [-0.05, 0) is 33.8 Å². The second kappa shape index (κ2) is 7.61. The van der Waals surface area contributed by atoms with Crippen LogP contribution < -0.4 is 10.9 Å². The molecule has 0 bridgehead atoms. The summed E-state index contributed by atoms with van der Waals surface area (Å²) >= 11 is 0. The lowest BCUT2D eigenvalue weighted by molar-refractivity contribution is 0.0505. The number of halogens is 2. The number of alkyl carbamates (subject to hydrolysis) is 1. The topological polar surface area (TPSA) is 102 Å². The third-order valence-corrected chi connectivity index (χ3v) is 4.05. The fourth-order valence-electron chi connectivity index (χ4n) is 2.91. The molecule has 0 saturated heterocycles. The maximum Gasteiger partial charge on any atom is 0.408 e. The lowest BCUT2D eigenvalue weighted by Crippen LogP contribution is -2.37. The number of aromatic nitrogens is 4.